The van der Waals surface area contributed by atoms with Crippen molar-refractivity contribution in [3.63, 3.8) is 0 Å². The molecule has 0 heterocycles. The van der Waals surface area contributed by atoms with E-state index in [9.17, 15) is 14.7 Å². The van der Waals surface area contributed by atoms with E-state index in [4.69, 9.17) is 0 Å². The van der Waals surface area contributed by atoms with Gasteiger partial charge in [-0.15, -0.1) is 0 Å². The highest BCUT2D eigenvalue weighted by atomic mass is 16.5. The molecule has 0 atom stereocenters. The number of aryl methyl sites for hydroxylation is 2. The average Bonchev–Trinajstić information content (AvgIpc) is 2.51. The van der Waals surface area contributed by atoms with Crippen molar-refractivity contribution < 1.29 is 24.2 Å². The van der Waals surface area contributed by atoms with Crippen LogP contribution in [0.1, 0.15) is 23.1 Å². The molecular weight excluding hydrogens is 284 g/mol. The van der Waals surface area contributed by atoms with Crippen LogP contribution in [0.25, 0.3) is 0 Å². The van der Waals surface area contributed by atoms with Gasteiger partial charge in [-0.2, -0.15) is 0 Å². The standard InChI is InChI=1S/C17H22O5/c1-11-9-13(10-12(2)15(11)18)7-5-6-8-14(16(19)21-3)17(20)22-4/h5-6,9-10,14,18H,7-8H2,1-4H3/b6-5+. The zero-order chi connectivity index (χ0) is 16.7. The molecule has 0 aliphatic rings. The van der Waals surface area contributed by atoms with Crippen molar-refractivity contribution >= 4 is 11.9 Å². The summed E-state index contributed by atoms with van der Waals surface area (Å²) in [6.45, 7) is 3.69. The van der Waals surface area contributed by atoms with Crippen molar-refractivity contribution in [3.05, 3.63) is 41.0 Å². The molecule has 0 saturated heterocycles. The fourth-order valence-electron chi connectivity index (χ4n) is 2.19. The fourth-order valence-corrected chi connectivity index (χ4v) is 2.19. The van der Waals surface area contributed by atoms with Crippen LogP contribution in [0.5, 0.6) is 5.75 Å². The first-order chi connectivity index (χ1) is 10.4. The Kier molecular flexibility index (Phi) is 6.63. The highest BCUT2D eigenvalue weighted by Crippen LogP contribution is 2.23. The summed E-state index contributed by atoms with van der Waals surface area (Å²) in [7, 11) is 2.48. The number of carbonyl (C=O) groups is 2. The Morgan fingerprint density at radius 1 is 1.09 bits per heavy atom. The molecule has 1 rings (SSSR count). The van der Waals surface area contributed by atoms with Crippen LogP contribution in [0.3, 0.4) is 0 Å². The highest BCUT2D eigenvalue weighted by Gasteiger charge is 2.26. The van der Waals surface area contributed by atoms with Crippen LogP contribution in [-0.2, 0) is 25.5 Å². The van der Waals surface area contributed by atoms with Crippen molar-refractivity contribution in [3.8, 4) is 5.75 Å². The number of hydrogen-bond acceptors (Lipinski definition) is 5. The minimum atomic E-state index is -0.936. The highest BCUT2D eigenvalue weighted by molar-refractivity contribution is 5.94. The van der Waals surface area contributed by atoms with E-state index in [2.05, 4.69) is 9.47 Å². The number of hydrogen-bond donors (Lipinski definition) is 1. The van der Waals surface area contributed by atoms with Gasteiger partial charge in [0.1, 0.15) is 5.75 Å². The molecule has 0 fully saturated rings. The molecule has 0 aromatic heterocycles. The number of aromatic hydroxyl groups is 1. The second kappa shape index (κ2) is 8.22. The van der Waals surface area contributed by atoms with Gasteiger partial charge in [0, 0.05) is 0 Å². The van der Waals surface area contributed by atoms with Crippen LogP contribution < -0.4 is 0 Å². The molecule has 5 nitrogen and oxygen atoms in total. The van der Waals surface area contributed by atoms with E-state index in [1.807, 2.05) is 32.1 Å². The maximum atomic E-state index is 11.5. The molecule has 1 aromatic carbocycles. The summed E-state index contributed by atoms with van der Waals surface area (Å²) >= 11 is 0. The number of esters is 2. The van der Waals surface area contributed by atoms with Crippen LogP contribution in [0, 0.1) is 19.8 Å². The molecule has 0 aliphatic heterocycles. The number of carbonyl (C=O) groups excluding carboxylic acids is 2. The molecule has 0 amide bonds. The van der Waals surface area contributed by atoms with E-state index >= 15 is 0 Å². The molecular formula is C17H22O5. The largest absolute Gasteiger partial charge is 0.507 e. The molecule has 1 N–H and O–H groups in total. The van der Waals surface area contributed by atoms with Gasteiger partial charge in [-0.05, 0) is 43.4 Å². The Labute approximate surface area is 130 Å². The van der Waals surface area contributed by atoms with Gasteiger partial charge in [-0.1, -0.05) is 24.3 Å². The van der Waals surface area contributed by atoms with Crippen LogP contribution in [0.4, 0.5) is 0 Å². The monoisotopic (exact) mass is 306 g/mol. The third-order valence-electron chi connectivity index (χ3n) is 3.41. The molecule has 22 heavy (non-hydrogen) atoms. The molecule has 0 radical (unpaired) electrons. The normalized spacial score (nSPS) is 11.0. The summed E-state index contributed by atoms with van der Waals surface area (Å²) in [5.74, 6) is -1.83. The second-order valence-electron chi connectivity index (χ2n) is 5.09. The predicted molar refractivity (Wildman–Crippen MR) is 82.6 cm³/mol. The second-order valence-corrected chi connectivity index (χ2v) is 5.09. The van der Waals surface area contributed by atoms with Gasteiger partial charge in [0.2, 0.25) is 0 Å². The van der Waals surface area contributed by atoms with Crippen molar-refractivity contribution in [2.45, 2.75) is 26.7 Å². The van der Waals surface area contributed by atoms with E-state index in [0.29, 0.717) is 12.2 Å². The number of rotatable bonds is 6. The molecule has 0 saturated carbocycles. The first-order valence-electron chi connectivity index (χ1n) is 7.00. The zero-order valence-electron chi connectivity index (χ0n) is 13.4. The molecule has 0 bridgehead atoms. The Morgan fingerprint density at radius 3 is 2.05 bits per heavy atom. The smallest absolute Gasteiger partial charge is 0.320 e. The maximum Gasteiger partial charge on any atom is 0.320 e. The van der Waals surface area contributed by atoms with Crippen molar-refractivity contribution in [1.29, 1.82) is 0 Å². The Morgan fingerprint density at radius 2 is 1.59 bits per heavy atom. The number of phenolic OH excluding ortho intramolecular Hbond substituents is 1. The van der Waals surface area contributed by atoms with E-state index < -0.39 is 17.9 Å². The summed E-state index contributed by atoms with van der Waals surface area (Å²) in [6.07, 6.45) is 4.52. The molecule has 120 valence electrons. The summed E-state index contributed by atoms with van der Waals surface area (Å²) in [4.78, 5) is 23.0. The average molecular weight is 306 g/mol. The van der Waals surface area contributed by atoms with Crippen molar-refractivity contribution in [2.24, 2.45) is 5.92 Å². The van der Waals surface area contributed by atoms with Gasteiger partial charge in [0.05, 0.1) is 14.2 Å². The Balaban J connectivity index is 2.69. The van der Waals surface area contributed by atoms with Gasteiger partial charge >= 0.3 is 11.9 Å². The third-order valence-corrected chi connectivity index (χ3v) is 3.41. The Bertz CT molecular complexity index is 535. The lowest BCUT2D eigenvalue weighted by Gasteiger charge is -2.09. The lowest BCUT2D eigenvalue weighted by molar-refractivity contribution is -0.158. The zero-order valence-corrected chi connectivity index (χ0v) is 13.4. The van der Waals surface area contributed by atoms with E-state index in [-0.39, 0.29) is 6.42 Å². The fraction of sp³-hybridized carbons (Fsp3) is 0.412. The van der Waals surface area contributed by atoms with Crippen LogP contribution in [0.2, 0.25) is 0 Å². The van der Waals surface area contributed by atoms with E-state index in [1.54, 1.807) is 6.08 Å². The quantitative estimate of drug-likeness (QED) is 0.496. The number of phenols is 1. The first-order valence-corrected chi connectivity index (χ1v) is 7.00. The molecule has 0 unspecified atom stereocenters. The lowest BCUT2D eigenvalue weighted by Crippen LogP contribution is -2.25. The Hall–Kier alpha value is -2.30. The lowest BCUT2D eigenvalue weighted by atomic mass is 10.0. The number of benzene rings is 1. The summed E-state index contributed by atoms with van der Waals surface area (Å²) in [5.41, 5.74) is 2.70. The number of ether oxygens (including phenoxy) is 2. The number of allylic oxidation sites excluding steroid dienone is 2. The van der Waals surface area contributed by atoms with Crippen LogP contribution in [-0.4, -0.2) is 31.3 Å². The summed E-state index contributed by atoms with van der Waals surface area (Å²) in [6, 6.07) is 3.82. The minimum Gasteiger partial charge on any atom is -0.507 e. The molecule has 0 aliphatic carbocycles. The van der Waals surface area contributed by atoms with Gasteiger partial charge in [-0.25, -0.2) is 0 Å². The SMILES string of the molecule is COC(=O)C(C/C=C/Cc1cc(C)c(O)c(C)c1)C(=O)OC. The van der Waals surface area contributed by atoms with Crippen LogP contribution >= 0.6 is 0 Å². The van der Waals surface area contributed by atoms with Gasteiger partial charge in [0.15, 0.2) is 5.92 Å². The number of methoxy groups -OCH3 is 2. The van der Waals surface area contributed by atoms with Crippen molar-refractivity contribution in [1.82, 2.24) is 0 Å². The predicted octanol–water partition coefficient (Wildman–Crippen LogP) is 2.46. The third kappa shape index (κ3) is 4.62. The maximum absolute atomic E-state index is 11.5. The molecule has 5 heteroatoms. The van der Waals surface area contributed by atoms with E-state index in [0.717, 1.165) is 16.7 Å². The topological polar surface area (TPSA) is 72.8 Å². The van der Waals surface area contributed by atoms with Crippen molar-refractivity contribution in [2.75, 3.05) is 14.2 Å². The molecule has 0 spiro atoms. The summed E-state index contributed by atoms with van der Waals surface area (Å²) in [5, 5.41) is 9.73. The first kappa shape index (κ1) is 17.8. The molecule has 1 aromatic rings. The van der Waals surface area contributed by atoms with Crippen LogP contribution in [0.15, 0.2) is 24.3 Å². The van der Waals surface area contributed by atoms with E-state index in [1.165, 1.54) is 14.2 Å². The van der Waals surface area contributed by atoms with Gasteiger partial charge in [0.25, 0.3) is 0 Å². The van der Waals surface area contributed by atoms with Gasteiger partial charge in [-0.3, -0.25) is 9.59 Å². The summed E-state index contributed by atoms with van der Waals surface area (Å²) < 4.78 is 9.19. The van der Waals surface area contributed by atoms with Gasteiger partial charge < -0.3 is 14.6 Å². The minimum absolute atomic E-state index is 0.232.